The molecule has 0 saturated carbocycles. The molecule has 17 rings (SSSR count). The molecule has 1 aromatic heterocycles. The smallest absolute Gasteiger partial charge is 0.179 e. The van der Waals surface area contributed by atoms with Crippen LogP contribution in [0.15, 0.2) is 334 Å². The second-order valence-corrected chi connectivity index (χ2v) is 30.1. The largest absolute Gasteiger partial charge is 0.309 e. The Kier molecular flexibility index (Phi) is 11.8. The molecular weight excluding hydrogens is 1030 g/mol. The highest BCUT2D eigenvalue weighted by Crippen LogP contribution is 2.57. The molecular formula is C80H57NSi2. The maximum Gasteiger partial charge on any atom is 0.179 e. The summed E-state index contributed by atoms with van der Waals surface area (Å²) in [5, 5.41) is 13.6. The van der Waals surface area contributed by atoms with E-state index in [0.717, 1.165) is 0 Å². The number of fused-ring (bicyclic) bond motifs is 3. The van der Waals surface area contributed by atoms with E-state index in [0.29, 0.717) is 0 Å². The average molecular weight is 1090 g/mol. The lowest BCUT2D eigenvalue weighted by atomic mass is 9.60. The Hall–Kier alpha value is -9.91. The molecule has 14 aromatic rings. The Balaban J connectivity index is 0.978. The van der Waals surface area contributed by atoms with Crippen LogP contribution >= 0.6 is 0 Å². The van der Waals surface area contributed by atoms with Crippen molar-refractivity contribution >= 4 is 79.4 Å². The highest BCUT2D eigenvalue weighted by molar-refractivity contribution is 7.20. The minimum atomic E-state index is -3.27. The third kappa shape index (κ3) is 7.52. The van der Waals surface area contributed by atoms with E-state index in [4.69, 9.17) is 0 Å². The molecule has 2 atom stereocenters. The summed E-state index contributed by atoms with van der Waals surface area (Å²) in [6, 6.07) is 127. The SMILES string of the molecule is c1ccc(-c2cccc([Si](c3ccccc3)(c3cccc(-c4ccccc4)c3)c3cccc4c3C3c5ccccc5C4c4cccc(-n5c6ccccc6c6cc([Si](c7ccccc7)(c7ccccc7)c7ccccc7)ccc65)c43)c2)cc1. The lowest BCUT2D eigenvalue weighted by molar-refractivity contribution is 0.752. The summed E-state index contributed by atoms with van der Waals surface area (Å²) in [5.41, 5.74) is 17.0. The zero-order chi connectivity index (χ0) is 54.9. The zero-order valence-corrected chi connectivity index (χ0v) is 47.9. The van der Waals surface area contributed by atoms with Crippen LogP contribution in [0.1, 0.15) is 45.2 Å². The third-order valence-corrected chi connectivity index (χ3v) is 28.0. The molecule has 1 heterocycles. The number of hydrogen-bond acceptors (Lipinski definition) is 0. The summed E-state index contributed by atoms with van der Waals surface area (Å²) in [6.45, 7) is 0. The molecule has 2 unspecified atom stereocenters. The van der Waals surface area contributed by atoms with E-state index in [1.54, 1.807) is 0 Å². The van der Waals surface area contributed by atoms with Gasteiger partial charge in [0.25, 0.3) is 0 Å². The van der Waals surface area contributed by atoms with Crippen LogP contribution in [0.3, 0.4) is 0 Å². The molecule has 3 heteroatoms. The third-order valence-electron chi connectivity index (χ3n) is 18.5. The van der Waals surface area contributed by atoms with E-state index in [-0.39, 0.29) is 11.8 Å². The molecule has 3 aliphatic carbocycles. The first-order chi connectivity index (χ1) is 41.2. The lowest BCUT2D eigenvalue weighted by Gasteiger charge is -2.47. The number of para-hydroxylation sites is 1. The molecule has 83 heavy (non-hydrogen) atoms. The summed E-state index contributed by atoms with van der Waals surface area (Å²) in [4.78, 5) is 0. The van der Waals surface area contributed by atoms with Gasteiger partial charge < -0.3 is 4.57 Å². The molecule has 0 aliphatic heterocycles. The van der Waals surface area contributed by atoms with Crippen molar-refractivity contribution in [2.24, 2.45) is 0 Å². The Morgan fingerprint density at radius 2 is 0.614 bits per heavy atom. The van der Waals surface area contributed by atoms with Gasteiger partial charge in [0.1, 0.15) is 0 Å². The molecule has 0 amide bonds. The average Bonchev–Trinajstić information content (AvgIpc) is 1.50. The summed E-state index contributed by atoms with van der Waals surface area (Å²) in [6.07, 6.45) is 0. The highest BCUT2D eigenvalue weighted by atomic mass is 28.3. The van der Waals surface area contributed by atoms with Crippen molar-refractivity contribution in [3.05, 3.63) is 367 Å². The molecule has 13 aromatic carbocycles. The quantitative estimate of drug-likeness (QED) is 0.0899. The van der Waals surface area contributed by atoms with Gasteiger partial charge in [-0.15, -0.1) is 0 Å². The second kappa shape index (κ2) is 20.0. The van der Waals surface area contributed by atoms with Gasteiger partial charge in [0.05, 0.1) is 16.7 Å². The van der Waals surface area contributed by atoms with E-state index >= 15 is 0 Å². The van der Waals surface area contributed by atoms with Crippen LogP contribution in [0.5, 0.6) is 0 Å². The molecule has 390 valence electrons. The summed E-state index contributed by atoms with van der Waals surface area (Å²) >= 11 is 0. The Bertz CT molecular complexity index is 4550. The zero-order valence-electron chi connectivity index (χ0n) is 45.9. The highest BCUT2D eigenvalue weighted by Gasteiger charge is 2.50. The van der Waals surface area contributed by atoms with Crippen LogP contribution in [0, 0.1) is 0 Å². The van der Waals surface area contributed by atoms with Gasteiger partial charge in [0.2, 0.25) is 0 Å². The molecule has 1 nitrogen and oxygen atoms in total. The minimum absolute atomic E-state index is 0.0313. The van der Waals surface area contributed by atoms with Gasteiger partial charge in [0, 0.05) is 22.6 Å². The van der Waals surface area contributed by atoms with Gasteiger partial charge in [-0.1, -0.05) is 315 Å². The summed E-state index contributed by atoms with van der Waals surface area (Å²) < 4.78 is 2.63. The summed E-state index contributed by atoms with van der Waals surface area (Å²) in [5.74, 6) is -0.0348. The van der Waals surface area contributed by atoms with Gasteiger partial charge >= 0.3 is 0 Å². The van der Waals surface area contributed by atoms with Gasteiger partial charge in [-0.2, -0.15) is 0 Å². The number of nitrogens with zero attached hydrogens (tertiary/aromatic N) is 1. The first kappa shape index (κ1) is 49.0. The van der Waals surface area contributed by atoms with Crippen LogP contribution in [0.25, 0.3) is 49.7 Å². The van der Waals surface area contributed by atoms with E-state index < -0.39 is 16.1 Å². The molecule has 0 fully saturated rings. The fraction of sp³-hybridized carbons (Fsp3) is 0.0250. The maximum absolute atomic E-state index is 3.27. The normalized spacial score (nSPS) is 14.3. The van der Waals surface area contributed by atoms with Gasteiger partial charge in [-0.25, -0.2) is 0 Å². The van der Waals surface area contributed by atoms with Crippen LogP contribution in [-0.2, 0) is 0 Å². The Morgan fingerprint density at radius 1 is 0.229 bits per heavy atom. The van der Waals surface area contributed by atoms with Crippen LogP contribution in [0.4, 0.5) is 0 Å². The van der Waals surface area contributed by atoms with Crippen molar-refractivity contribution in [2.45, 2.75) is 11.8 Å². The lowest BCUT2D eigenvalue weighted by Crippen LogP contribution is -2.75. The van der Waals surface area contributed by atoms with E-state index in [9.17, 15) is 0 Å². The summed E-state index contributed by atoms with van der Waals surface area (Å²) in [7, 11) is -6.12. The monoisotopic (exact) mass is 1090 g/mol. The van der Waals surface area contributed by atoms with Crippen molar-refractivity contribution < 1.29 is 0 Å². The molecule has 3 aliphatic rings. The number of benzene rings is 13. The fourth-order valence-corrected chi connectivity index (χ4v) is 25.0. The van der Waals surface area contributed by atoms with E-state index in [1.165, 1.54) is 125 Å². The Labute approximate surface area is 487 Å². The molecule has 0 radical (unpaired) electrons. The fourth-order valence-electron chi connectivity index (χ4n) is 15.1. The molecule has 0 spiro atoms. The first-order valence-corrected chi connectivity index (χ1v) is 33.1. The van der Waals surface area contributed by atoms with Crippen LogP contribution < -0.4 is 41.5 Å². The second-order valence-electron chi connectivity index (χ2n) is 22.5. The number of aromatic nitrogens is 1. The van der Waals surface area contributed by atoms with Gasteiger partial charge in [0.15, 0.2) is 16.1 Å². The predicted molar refractivity (Wildman–Crippen MR) is 354 cm³/mol. The topological polar surface area (TPSA) is 4.93 Å². The van der Waals surface area contributed by atoms with E-state index in [1.807, 2.05) is 0 Å². The van der Waals surface area contributed by atoms with Crippen LogP contribution in [0.2, 0.25) is 0 Å². The number of hydrogen-bond donors (Lipinski definition) is 0. The van der Waals surface area contributed by atoms with Crippen molar-refractivity contribution in [3.63, 3.8) is 0 Å². The molecule has 0 N–H and O–H groups in total. The first-order valence-electron chi connectivity index (χ1n) is 29.1. The predicted octanol–water partition coefficient (Wildman–Crippen LogP) is 13.9. The Morgan fingerprint density at radius 3 is 1.17 bits per heavy atom. The van der Waals surface area contributed by atoms with Crippen molar-refractivity contribution in [1.29, 1.82) is 0 Å². The van der Waals surface area contributed by atoms with Gasteiger partial charge in [-0.3, -0.25) is 0 Å². The van der Waals surface area contributed by atoms with Crippen molar-refractivity contribution in [3.8, 4) is 27.9 Å². The maximum atomic E-state index is 2.63. The van der Waals surface area contributed by atoms with E-state index in [2.05, 4.69) is 338 Å². The van der Waals surface area contributed by atoms with Gasteiger partial charge in [-0.05, 0) is 115 Å². The van der Waals surface area contributed by atoms with Crippen LogP contribution in [-0.4, -0.2) is 20.7 Å². The molecule has 2 bridgehead atoms. The minimum Gasteiger partial charge on any atom is -0.309 e. The molecule has 0 saturated heterocycles. The van der Waals surface area contributed by atoms with Crippen molar-refractivity contribution in [2.75, 3.05) is 0 Å². The van der Waals surface area contributed by atoms with Crippen molar-refractivity contribution in [1.82, 2.24) is 4.57 Å². The number of rotatable bonds is 11. The standard InChI is InChI=1S/C80H57NSi2/c1-7-27-56(28-8-1)58-31-23-41-64(53-58)83(63-39-17-6-18-40-63,65-42-24-32-59(54-65)57-29-9-2-10-30-57)76-50-26-47-71-77-68-44-19-20-45-69(68)80(79(71)76)78-70(77)46-25-49-75(78)81-73-48-22-21-43-67(73)72-55-66(51-52-74(72)81)82(60-33-11-3-12-34-60,61-35-13-4-14-36-61)62-37-15-5-16-38-62/h1-55,77,80H.